The standard InChI is InChI=1S/C15H17NO/c1-3-4-5-8-12-11-15(17-2)13-9-6-7-10-14(13)16-12/h5-11H,3-4H2,1-2H3. The highest BCUT2D eigenvalue weighted by Crippen LogP contribution is 2.25. The number of fused-ring (bicyclic) bond motifs is 1. The lowest BCUT2D eigenvalue weighted by Crippen LogP contribution is -1.90. The van der Waals surface area contributed by atoms with Gasteiger partial charge < -0.3 is 4.74 Å². The second kappa shape index (κ2) is 5.48. The second-order valence-electron chi connectivity index (χ2n) is 3.96. The number of allylic oxidation sites excluding steroid dienone is 1. The first kappa shape index (κ1) is 11.6. The molecule has 88 valence electrons. The molecule has 0 aliphatic carbocycles. The number of hydrogen-bond donors (Lipinski definition) is 0. The molecule has 1 heterocycles. The Balaban J connectivity index is 2.45. The summed E-state index contributed by atoms with van der Waals surface area (Å²) in [6.45, 7) is 2.17. The molecule has 0 aliphatic heterocycles. The summed E-state index contributed by atoms with van der Waals surface area (Å²) in [6, 6.07) is 10.0. The zero-order valence-corrected chi connectivity index (χ0v) is 10.3. The van der Waals surface area contributed by atoms with Crippen LogP contribution in [0.2, 0.25) is 0 Å². The SMILES string of the molecule is CCCC=Cc1cc(OC)c2ccccc2n1. The molecule has 0 aliphatic rings. The fourth-order valence-electron chi connectivity index (χ4n) is 1.79. The van der Waals surface area contributed by atoms with Gasteiger partial charge in [-0.3, -0.25) is 0 Å². The Morgan fingerprint density at radius 3 is 2.88 bits per heavy atom. The Hall–Kier alpha value is -1.83. The summed E-state index contributed by atoms with van der Waals surface area (Å²) in [7, 11) is 1.70. The number of rotatable bonds is 4. The summed E-state index contributed by atoms with van der Waals surface area (Å²) < 4.78 is 5.40. The molecular formula is C15H17NO. The monoisotopic (exact) mass is 227 g/mol. The number of para-hydroxylation sites is 1. The van der Waals surface area contributed by atoms with Crippen LogP contribution < -0.4 is 4.74 Å². The molecule has 1 aromatic carbocycles. The van der Waals surface area contributed by atoms with E-state index in [0.29, 0.717) is 0 Å². The topological polar surface area (TPSA) is 22.1 Å². The van der Waals surface area contributed by atoms with E-state index in [1.165, 1.54) is 0 Å². The molecule has 0 unspecified atom stereocenters. The third-order valence-electron chi connectivity index (χ3n) is 2.66. The molecule has 2 rings (SSSR count). The van der Waals surface area contributed by atoms with E-state index in [-0.39, 0.29) is 0 Å². The number of nitrogens with zero attached hydrogens (tertiary/aromatic N) is 1. The molecule has 0 fully saturated rings. The maximum absolute atomic E-state index is 5.40. The highest BCUT2D eigenvalue weighted by Gasteiger charge is 2.03. The molecule has 0 saturated heterocycles. The van der Waals surface area contributed by atoms with Crippen molar-refractivity contribution in [1.29, 1.82) is 0 Å². The number of unbranched alkanes of at least 4 members (excludes halogenated alkanes) is 1. The van der Waals surface area contributed by atoms with Gasteiger partial charge in [0.1, 0.15) is 5.75 Å². The first-order valence-electron chi connectivity index (χ1n) is 5.95. The lowest BCUT2D eigenvalue weighted by Gasteiger charge is -2.06. The minimum atomic E-state index is 0.881. The third kappa shape index (κ3) is 2.64. The van der Waals surface area contributed by atoms with Gasteiger partial charge in [-0.25, -0.2) is 4.98 Å². The number of ether oxygens (including phenoxy) is 1. The first-order chi connectivity index (χ1) is 8.35. The first-order valence-corrected chi connectivity index (χ1v) is 5.95. The van der Waals surface area contributed by atoms with Gasteiger partial charge >= 0.3 is 0 Å². The highest BCUT2D eigenvalue weighted by molar-refractivity contribution is 5.86. The Bertz CT molecular complexity index is 531. The van der Waals surface area contributed by atoms with Crippen LogP contribution in [-0.2, 0) is 0 Å². The van der Waals surface area contributed by atoms with Crippen molar-refractivity contribution >= 4 is 17.0 Å². The molecule has 0 bridgehead atoms. The summed E-state index contributed by atoms with van der Waals surface area (Å²) >= 11 is 0. The largest absolute Gasteiger partial charge is 0.496 e. The Kier molecular flexibility index (Phi) is 3.76. The van der Waals surface area contributed by atoms with Gasteiger partial charge in [0.25, 0.3) is 0 Å². The zero-order valence-electron chi connectivity index (χ0n) is 10.3. The molecule has 2 nitrogen and oxygen atoms in total. The summed E-state index contributed by atoms with van der Waals surface area (Å²) in [5.74, 6) is 0.881. The van der Waals surface area contributed by atoms with Crippen LogP contribution in [0, 0.1) is 0 Å². The quantitative estimate of drug-likeness (QED) is 0.786. The molecule has 2 heteroatoms. The molecule has 0 radical (unpaired) electrons. The fourth-order valence-corrected chi connectivity index (χ4v) is 1.79. The molecule has 0 N–H and O–H groups in total. The van der Waals surface area contributed by atoms with E-state index >= 15 is 0 Å². The fraction of sp³-hybridized carbons (Fsp3) is 0.267. The Morgan fingerprint density at radius 1 is 1.29 bits per heavy atom. The van der Waals surface area contributed by atoms with E-state index < -0.39 is 0 Å². The molecule has 2 aromatic rings. The highest BCUT2D eigenvalue weighted by atomic mass is 16.5. The van der Waals surface area contributed by atoms with Crippen LogP contribution in [0.3, 0.4) is 0 Å². The lowest BCUT2D eigenvalue weighted by molar-refractivity contribution is 0.419. The van der Waals surface area contributed by atoms with Crippen molar-refractivity contribution in [2.24, 2.45) is 0 Å². The van der Waals surface area contributed by atoms with Crippen molar-refractivity contribution in [2.75, 3.05) is 7.11 Å². The predicted molar refractivity (Wildman–Crippen MR) is 72.2 cm³/mol. The van der Waals surface area contributed by atoms with Gasteiger partial charge in [-0.15, -0.1) is 0 Å². The van der Waals surface area contributed by atoms with Gasteiger partial charge in [0.05, 0.1) is 18.3 Å². The van der Waals surface area contributed by atoms with Crippen molar-refractivity contribution < 1.29 is 4.74 Å². The Labute approximate surface area is 102 Å². The molecule has 0 atom stereocenters. The van der Waals surface area contributed by atoms with Crippen LogP contribution in [0.15, 0.2) is 36.4 Å². The molecule has 1 aromatic heterocycles. The van der Waals surface area contributed by atoms with E-state index in [4.69, 9.17) is 4.74 Å². The number of benzene rings is 1. The van der Waals surface area contributed by atoms with E-state index in [1.54, 1.807) is 7.11 Å². The summed E-state index contributed by atoms with van der Waals surface area (Å²) in [6.07, 6.45) is 6.44. The summed E-state index contributed by atoms with van der Waals surface area (Å²) in [5, 5.41) is 1.06. The summed E-state index contributed by atoms with van der Waals surface area (Å²) in [4.78, 5) is 4.59. The van der Waals surface area contributed by atoms with Gasteiger partial charge in [-0.2, -0.15) is 0 Å². The Morgan fingerprint density at radius 2 is 2.12 bits per heavy atom. The summed E-state index contributed by atoms with van der Waals surface area (Å²) in [5.41, 5.74) is 1.93. The number of pyridine rings is 1. The average Bonchev–Trinajstić information content (AvgIpc) is 2.38. The van der Waals surface area contributed by atoms with Gasteiger partial charge in [-0.05, 0) is 24.6 Å². The van der Waals surface area contributed by atoms with Crippen LogP contribution in [0.25, 0.3) is 17.0 Å². The van der Waals surface area contributed by atoms with Gasteiger partial charge in [0.15, 0.2) is 0 Å². The minimum absolute atomic E-state index is 0.881. The van der Waals surface area contributed by atoms with Gasteiger partial charge in [0, 0.05) is 11.5 Å². The maximum atomic E-state index is 5.40. The van der Waals surface area contributed by atoms with Crippen LogP contribution in [0.4, 0.5) is 0 Å². The lowest BCUT2D eigenvalue weighted by atomic mass is 10.1. The van der Waals surface area contributed by atoms with Gasteiger partial charge in [0.2, 0.25) is 0 Å². The average molecular weight is 227 g/mol. The van der Waals surface area contributed by atoms with E-state index in [2.05, 4.69) is 24.1 Å². The molecule has 17 heavy (non-hydrogen) atoms. The van der Waals surface area contributed by atoms with Crippen molar-refractivity contribution in [3.63, 3.8) is 0 Å². The minimum Gasteiger partial charge on any atom is -0.496 e. The molecule has 0 spiro atoms. The molecule has 0 saturated carbocycles. The van der Waals surface area contributed by atoms with Crippen LogP contribution in [0.5, 0.6) is 5.75 Å². The van der Waals surface area contributed by atoms with Crippen molar-refractivity contribution in [1.82, 2.24) is 4.98 Å². The molecular weight excluding hydrogens is 210 g/mol. The smallest absolute Gasteiger partial charge is 0.130 e. The molecule has 0 amide bonds. The van der Waals surface area contributed by atoms with Crippen LogP contribution in [0.1, 0.15) is 25.5 Å². The van der Waals surface area contributed by atoms with Crippen molar-refractivity contribution in [3.05, 3.63) is 42.1 Å². The normalized spacial score (nSPS) is 11.2. The van der Waals surface area contributed by atoms with Crippen LogP contribution in [-0.4, -0.2) is 12.1 Å². The number of hydrogen-bond acceptors (Lipinski definition) is 2. The van der Waals surface area contributed by atoms with E-state index in [9.17, 15) is 0 Å². The van der Waals surface area contributed by atoms with E-state index in [1.807, 2.05) is 30.3 Å². The van der Waals surface area contributed by atoms with Gasteiger partial charge in [-0.1, -0.05) is 31.6 Å². The zero-order chi connectivity index (χ0) is 12.1. The maximum Gasteiger partial charge on any atom is 0.130 e. The van der Waals surface area contributed by atoms with Crippen LogP contribution >= 0.6 is 0 Å². The third-order valence-corrected chi connectivity index (χ3v) is 2.66. The number of methoxy groups -OCH3 is 1. The second-order valence-corrected chi connectivity index (χ2v) is 3.96. The number of aromatic nitrogens is 1. The van der Waals surface area contributed by atoms with Crippen molar-refractivity contribution in [2.45, 2.75) is 19.8 Å². The van der Waals surface area contributed by atoms with E-state index in [0.717, 1.165) is 35.2 Å². The predicted octanol–water partition coefficient (Wildman–Crippen LogP) is 4.06. The van der Waals surface area contributed by atoms with Crippen molar-refractivity contribution in [3.8, 4) is 5.75 Å².